The molecule has 0 amide bonds. The van der Waals surface area contributed by atoms with Gasteiger partial charge in [-0.25, -0.2) is 0 Å². The van der Waals surface area contributed by atoms with Crippen LogP contribution in [-0.2, 0) is 6.42 Å². The van der Waals surface area contributed by atoms with Crippen molar-refractivity contribution >= 4 is 43.8 Å². The zero-order valence-corrected chi connectivity index (χ0v) is 37.0. The van der Waals surface area contributed by atoms with Crippen molar-refractivity contribution < 1.29 is 0 Å². The summed E-state index contributed by atoms with van der Waals surface area (Å²) in [7, 11) is 4.37. The molecule has 2 fully saturated rings. The fourth-order valence-corrected chi connectivity index (χ4v) is 10.6. The van der Waals surface area contributed by atoms with Crippen LogP contribution in [0.2, 0.25) is 0 Å². The second-order valence-electron chi connectivity index (χ2n) is 19.1. The Morgan fingerprint density at radius 1 is 0.759 bits per heavy atom. The van der Waals surface area contributed by atoms with E-state index >= 15 is 0 Å². The zero-order chi connectivity index (χ0) is 41.5. The number of anilines is 2. The van der Waals surface area contributed by atoms with Crippen molar-refractivity contribution in [3.05, 3.63) is 109 Å². The van der Waals surface area contributed by atoms with Gasteiger partial charge in [0.2, 0.25) is 0 Å². The van der Waals surface area contributed by atoms with Gasteiger partial charge in [-0.3, -0.25) is 4.90 Å². The molecule has 58 heavy (non-hydrogen) atoms. The molecule has 6 aromatic rings. The lowest BCUT2D eigenvalue weighted by atomic mass is 9.77. The van der Waals surface area contributed by atoms with E-state index in [0.717, 1.165) is 65.6 Å². The van der Waals surface area contributed by atoms with Crippen molar-refractivity contribution in [1.29, 1.82) is 0 Å². The molecule has 2 N–H and O–H groups in total. The van der Waals surface area contributed by atoms with Crippen LogP contribution < -0.4 is 15.5 Å². The molecule has 0 bridgehead atoms. The molecule has 8 rings (SSSR count). The molecule has 2 aliphatic rings. The normalized spacial score (nSPS) is 19.0. The summed E-state index contributed by atoms with van der Waals surface area (Å²) >= 11 is 1.76. The Hall–Kier alpha value is -4.70. The summed E-state index contributed by atoms with van der Waals surface area (Å²) in [5.74, 6) is 1.79. The molecule has 0 radical (unpaired) electrons. The van der Waals surface area contributed by atoms with Gasteiger partial charge in [0.15, 0.2) is 5.82 Å². The summed E-state index contributed by atoms with van der Waals surface area (Å²) in [6.07, 6.45) is 7.16. The molecule has 304 valence electrons. The third kappa shape index (κ3) is 9.27. The summed E-state index contributed by atoms with van der Waals surface area (Å²) in [6, 6.07) is 32.7. The molecule has 3 aromatic heterocycles. The first-order valence-corrected chi connectivity index (χ1v) is 21.6. The maximum atomic E-state index is 4.60. The van der Waals surface area contributed by atoms with E-state index in [-0.39, 0.29) is 22.2 Å². The third-order valence-electron chi connectivity index (χ3n) is 12.4. The van der Waals surface area contributed by atoms with E-state index in [1.165, 1.54) is 26.4 Å². The van der Waals surface area contributed by atoms with E-state index in [1.807, 2.05) is 6.08 Å². The van der Waals surface area contributed by atoms with Crippen LogP contribution in [0.25, 0.3) is 42.7 Å². The molecule has 2 aliphatic heterocycles. The monoisotopic (exact) mass is 794 g/mol. The summed E-state index contributed by atoms with van der Waals surface area (Å²) in [6.45, 7) is 22.3. The van der Waals surface area contributed by atoms with Crippen LogP contribution in [0.15, 0.2) is 104 Å². The highest BCUT2D eigenvalue weighted by atomic mass is 32.1. The lowest BCUT2D eigenvalue weighted by Crippen LogP contribution is -2.62. The molecular formula is C49H62N8S. The summed E-state index contributed by atoms with van der Waals surface area (Å²) in [5, 5.41) is 29.3. The Bertz CT molecular complexity index is 2290. The Morgan fingerprint density at radius 2 is 1.43 bits per heavy atom. The van der Waals surface area contributed by atoms with Crippen LogP contribution >= 0.6 is 11.3 Å². The average molecular weight is 795 g/mol. The minimum atomic E-state index is 0.101. The van der Waals surface area contributed by atoms with Crippen LogP contribution in [0.1, 0.15) is 86.6 Å². The number of piperidine rings is 2. The second-order valence-corrected chi connectivity index (χ2v) is 20.2. The van der Waals surface area contributed by atoms with Crippen molar-refractivity contribution in [2.45, 2.75) is 122 Å². The van der Waals surface area contributed by atoms with Gasteiger partial charge in [0.1, 0.15) is 11.5 Å². The van der Waals surface area contributed by atoms with Crippen molar-refractivity contribution in [1.82, 2.24) is 30.6 Å². The lowest BCUT2D eigenvalue weighted by molar-refractivity contribution is -0.00774. The zero-order valence-electron chi connectivity index (χ0n) is 36.2. The fraction of sp³-hybridized carbons (Fsp3) is 0.429. The predicted octanol–water partition coefficient (Wildman–Crippen LogP) is 11.2. The molecule has 0 saturated carbocycles. The van der Waals surface area contributed by atoms with E-state index in [4.69, 9.17) is 0 Å². The number of hydrogen-bond acceptors (Lipinski definition) is 9. The molecule has 0 aliphatic carbocycles. The Morgan fingerprint density at radius 3 is 2.07 bits per heavy atom. The Labute approximate surface area is 350 Å². The van der Waals surface area contributed by atoms with Gasteiger partial charge in [0.25, 0.3) is 0 Å². The maximum absolute atomic E-state index is 4.60. The highest BCUT2D eigenvalue weighted by Gasteiger charge is 2.43. The molecule has 0 spiro atoms. The van der Waals surface area contributed by atoms with Crippen molar-refractivity contribution in [3.8, 4) is 21.8 Å². The Kier molecular flexibility index (Phi) is 11.5. The van der Waals surface area contributed by atoms with Gasteiger partial charge in [-0.15, -0.1) is 38.3 Å². The number of allylic oxidation sites excluding steroid dienone is 1. The largest absolute Gasteiger partial charge is 0.366 e. The molecule has 0 unspecified atom stereocenters. The second kappa shape index (κ2) is 16.2. The predicted molar refractivity (Wildman–Crippen MR) is 247 cm³/mol. The van der Waals surface area contributed by atoms with Gasteiger partial charge < -0.3 is 15.5 Å². The number of benzene rings is 3. The van der Waals surface area contributed by atoms with E-state index in [1.54, 1.807) is 11.3 Å². The van der Waals surface area contributed by atoms with Gasteiger partial charge in [-0.2, -0.15) is 0 Å². The van der Waals surface area contributed by atoms with Crippen LogP contribution in [0.3, 0.4) is 0 Å². The van der Waals surface area contributed by atoms with Crippen molar-refractivity contribution in [2.24, 2.45) is 0 Å². The summed E-state index contributed by atoms with van der Waals surface area (Å²) in [5.41, 5.74) is 4.75. The van der Waals surface area contributed by atoms with Gasteiger partial charge in [-0.05, 0) is 159 Å². The highest BCUT2D eigenvalue weighted by molar-refractivity contribution is 7.22. The first kappa shape index (κ1) is 41.5. The van der Waals surface area contributed by atoms with Crippen LogP contribution in [0.4, 0.5) is 11.6 Å². The standard InChI is InChI=1S/C27H34N4.C22H28N4S/c1-7-9-19-10-8-11-20-16-21(12-13-23(19)20)24-14-15-25(29-28-24)31(6)22-17-26(2,3)30-27(4,5)18-22;1-21(2)13-16(14-22(3,4)26(21)5)23-20-11-10-17(24-25-20)19-12-15-8-6-7-9-18(15)27-19/h7-8,10-16,22,30H,1,9,17-18H2,2-6H3;6-12,16H,13-14H2,1-5H3,(H,23,25). The SMILES string of the molecule is C=CCc1cccc2cc(-c3ccc(N(C)C4CC(C)(C)NC(C)(C)C4)nn3)ccc12.CN1C(C)(C)CC(Nc2ccc(-c3cc4ccccc4s3)nn2)CC1(C)C. The van der Waals surface area contributed by atoms with Gasteiger partial charge >= 0.3 is 0 Å². The van der Waals surface area contributed by atoms with E-state index < -0.39 is 0 Å². The minimum Gasteiger partial charge on any atom is -0.366 e. The van der Waals surface area contributed by atoms with Crippen LogP contribution in [0.5, 0.6) is 0 Å². The van der Waals surface area contributed by atoms with E-state index in [2.05, 4.69) is 208 Å². The first-order valence-electron chi connectivity index (χ1n) is 20.7. The van der Waals surface area contributed by atoms with Gasteiger partial charge in [-0.1, -0.05) is 54.6 Å². The van der Waals surface area contributed by atoms with Crippen LogP contribution in [-0.4, -0.2) is 73.6 Å². The molecule has 2 saturated heterocycles. The van der Waals surface area contributed by atoms with E-state index in [9.17, 15) is 0 Å². The molecule has 0 atom stereocenters. The lowest BCUT2D eigenvalue weighted by Gasteiger charge is -2.53. The molecule has 5 heterocycles. The number of thiophene rings is 1. The Balaban J connectivity index is 0.000000178. The third-order valence-corrected chi connectivity index (χ3v) is 13.5. The number of hydrogen-bond donors (Lipinski definition) is 2. The van der Waals surface area contributed by atoms with Crippen molar-refractivity contribution in [2.75, 3.05) is 24.3 Å². The number of rotatable bonds is 8. The highest BCUT2D eigenvalue weighted by Crippen LogP contribution is 2.39. The number of likely N-dealkylation sites (tertiary alicyclic amines) is 1. The summed E-state index contributed by atoms with van der Waals surface area (Å²) < 4.78 is 1.28. The molecule has 3 aromatic carbocycles. The average Bonchev–Trinajstić information content (AvgIpc) is 3.61. The summed E-state index contributed by atoms with van der Waals surface area (Å²) in [4.78, 5) is 5.95. The number of nitrogens with one attached hydrogen (secondary N) is 2. The van der Waals surface area contributed by atoms with Crippen molar-refractivity contribution in [3.63, 3.8) is 0 Å². The minimum absolute atomic E-state index is 0.101. The molecule has 8 nitrogen and oxygen atoms in total. The fourth-order valence-electron chi connectivity index (χ4n) is 9.57. The first-order chi connectivity index (χ1) is 27.4. The quantitative estimate of drug-likeness (QED) is 0.147. The smallest absolute Gasteiger partial charge is 0.151 e. The van der Waals surface area contributed by atoms with Gasteiger partial charge in [0.05, 0.1) is 10.6 Å². The number of nitrogens with zero attached hydrogens (tertiary/aromatic N) is 6. The number of aromatic nitrogens is 4. The van der Waals surface area contributed by atoms with Crippen LogP contribution in [0, 0.1) is 0 Å². The molecular weight excluding hydrogens is 733 g/mol. The maximum Gasteiger partial charge on any atom is 0.151 e. The van der Waals surface area contributed by atoms with E-state index in [0.29, 0.717) is 12.1 Å². The number of fused-ring (bicyclic) bond motifs is 2. The molecule has 9 heteroatoms. The topological polar surface area (TPSA) is 82.1 Å². The van der Waals surface area contributed by atoms with Gasteiger partial charge in [0, 0.05) is 51.6 Å².